The van der Waals surface area contributed by atoms with Crippen molar-refractivity contribution in [1.29, 1.82) is 0 Å². The van der Waals surface area contributed by atoms with E-state index < -0.39 is 21.6 Å². The summed E-state index contributed by atoms with van der Waals surface area (Å²) in [7, 11) is -4.03. The Morgan fingerprint density at radius 2 is 2.00 bits per heavy atom. The van der Waals surface area contributed by atoms with Crippen molar-refractivity contribution in [2.45, 2.75) is 56.6 Å². The van der Waals surface area contributed by atoms with Crippen LogP contribution in [-0.2, 0) is 10.0 Å². The van der Waals surface area contributed by atoms with Gasteiger partial charge < -0.3 is 14.8 Å². The molecule has 0 saturated heterocycles. The molecule has 1 atom stereocenters. The summed E-state index contributed by atoms with van der Waals surface area (Å²) in [6.45, 7) is 4.27. The van der Waals surface area contributed by atoms with Gasteiger partial charge in [0.2, 0.25) is 17.7 Å². The smallest absolute Gasteiger partial charge is 0.394 e. The van der Waals surface area contributed by atoms with Crippen LogP contribution in [0.3, 0.4) is 0 Å². The molecule has 4 bridgehead atoms. The first kappa shape index (κ1) is 27.0. The van der Waals surface area contributed by atoms with Crippen molar-refractivity contribution >= 4 is 21.7 Å². The molecule has 0 amide bonds. The van der Waals surface area contributed by atoms with Crippen LogP contribution in [0, 0.1) is 11.3 Å². The summed E-state index contributed by atoms with van der Waals surface area (Å²) in [4.78, 5) is 8.54. The first-order valence-electron chi connectivity index (χ1n) is 12.6. The van der Waals surface area contributed by atoms with Crippen LogP contribution < -0.4 is 19.5 Å². The van der Waals surface area contributed by atoms with Crippen molar-refractivity contribution in [3.05, 3.63) is 42.6 Å². The lowest BCUT2D eigenvalue weighted by molar-refractivity contribution is -0.190. The Morgan fingerprint density at radius 1 is 1.21 bits per heavy atom. The second kappa shape index (κ2) is 10.2. The highest BCUT2D eigenvalue weighted by molar-refractivity contribution is 7.92. The van der Waals surface area contributed by atoms with Crippen LogP contribution in [0.2, 0.25) is 0 Å². The molecule has 2 N–H and O–H groups in total. The van der Waals surface area contributed by atoms with Crippen molar-refractivity contribution < 1.29 is 31.1 Å². The van der Waals surface area contributed by atoms with Gasteiger partial charge in [0.15, 0.2) is 5.82 Å². The molecule has 5 rings (SSSR count). The van der Waals surface area contributed by atoms with E-state index in [0.717, 1.165) is 6.42 Å². The molecule has 14 heteroatoms. The van der Waals surface area contributed by atoms with Crippen molar-refractivity contribution in [2.24, 2.45) is 11.3 Å². The molecule has 0 radical (unpaired) electrons. The van der Waals surface area contributed by atoms with Crippen molar-refractivity contribution in [3.63, 3.8) is 0 Å². The highest BCUT2D eigenvalue weighted by Gasteiger charge is 2.62. The van der Waals surface area contributed by atoms with Gasteiger partial charge in [-0.15, -0.1) is 5.10 Å². The summed E-state index contributed by atoms with van der Waals surface area (Å²) in [5.41, 5.74) is -1.02. The normalized spacial score (nSPS) is 19.6. The topological polar surface area (TPSA) is 120 Å². The molecule has 1 saturated carbocycles. The molecule has 0 spiro atoms. The van der Waals surface area contributed by atoms with Crippen molar-refractivity contribution in [1.82, 2.24) is 19.7 Å². The number of sulfonamides is 1. The number of benzene rings is 1. The lowest BCUT2D eigenvalue weighted by Crippen LogP contribution is -2.29. The van der Waals surface area contributed by atoms with Gasteiger partial charge in [-0.05, 0) is 49.8 Å². The predicted octanol–water partition coefficient (Wildman–Crippen LogP) is 4.79. The first-order valence-corrected chi connectivity index (χ1v) is 14.1. The van der Waals surface area contributed by atoms with Gasteiger partial charge in [-0.1, -0.05) is 19.9 Å². The standard InChI is InChI=1S/C25H29F3N6O4S/c1-16(2)12-18-15-38-22-14-20(30-23(31-22)33-39(35,36)19-5-3-4-17(13-19)29-18)34-10-6-21(32-34)37-11-9-24(7-8-24)25(26,27)28/h3-6,10,13-14,16,18,29H,7-9,11-12,15H2,1-2H3,(H,30,31,33)/t18-/m1/s1. The molecule has 3 heterocycles. The maximum Gasteiger partial charge on any atom is 0.394 e. The Kier molecular flexibility index (Phi) is 7.08. The molecule has 210 valence electrons. The Labute approximate surface area is 224 Å². The van der Waals surface area contributed by atoms with E-state index >= 15 is 0 Å². The molecule has 1 aliphatic carbocycles. The minimum atomic E-state index is -4.25. The number of aromatic nitrogens is 4. The summed E-state index contributed by atoms with van der Waals surface area (Å²) in [6.07, 6.45) is -1.92. The molecule has 1 aromatic carbocycles. The van der Waals surface area contributed by atoms with Gasteiger partial charge in [0.25, 0.3) is 10.0 Å². The van der Waals surface area contributed by atoms with E-state index in [0.29, 0.717) is 11.6 Å². The number of alkyl halides is 3. The fraction of sp³-hybridized carbons (Fsp3) is 0.480. The maximum atomic E-state index is 13.2. The molecule has 3 aromatic rings. The summed E-state index contributed by atoms with van der Waals surface area (Å²) in [5, 5.41) is 7.58. The molecule has 10 nitrogen and oxygen atoms in total. The van der Waals surface area contributed by atoms with Crippen molar-refractivity contribution in [3.8, 4) is 17.6 Å². The molecule has 39 heavy (non-hydrogen) atoms. The Hall–Kier alpha value is -3.55. The lowest BCUT2D eigenvalue weighted by atomic mass is 10.0. The van der Waals surface area contributed by atoms with Gasteiger partial charge >= 0.3 is 6.18 Å². The zero-order valence-corrected chi connectivity index (χ0v) is 22.2. The van der Waals surface area contributed by atoms with Gasteiger partial charge in [-0.3, -0.25) is 0 Å². The number of hydrogen-bond donors (Lipinski definition) is 2. The fourth-order valence-corrected chi connectivity index (χ4v) is 5.42. The number of fused-ring (bicyclic) bond motifs is 4. The summed E-state index contributed by atoms with van der Waals surface area (Å²) >= 11 is 0. The second-order valence-electron chi connectivity index (χ2n) is 10.3. The van der Waals surface area contributed by atoms with E-state index in [9.17, 15) is 21.6 Å². The predicted molar refractivity (Wildman–Crippen MR) is 137 cm³/mol. The summed E-state index contributed by atoms with van der Waals surface area (Å²) < 4.78 is 80.8. The largest absolute Gasteiger partial charge is 0.477 e. The first-order chi connectivity index (χ1) is 18.4. The molecular formula is C25H29F3N6O4S. The van der Waals surface area contributed by atoms with Crippen LogP contribution in [0.1, 0.15) is 39.5 Å². The minimum absolute atomic E-state index is 0.0370. The molecule has 2 aliphatic rings. The highest BCUT2D eigenvalue weighted by Crippen LogP contribution is 2.59. The van der Waals surface area contributed by atoms with E-state index in [1.54, 1.807) is 12.1 Å². The molecule has 1 fully saturated rings. The third kappa shape index (κ3) is 6.21. The molecule has 2 aromatic heterocycles. The number of rotatable bonds is 7. The van der Waals surface area contributed by atoms with Crippen LogP contribution >= 0.6 is 0 Å². The highest BCUT2D eigenvalue weighted by atomic mass is 32.2. The molecule has 0 unspecified atom stereocenters. The van der Waals surface area contributed by atoms with E-state index in [2.05, 4.69) is 39.0 Å². The Balaban J connectivity index is 1.39. The third-order valence-electron chi connectivity index (χ3n) is 6.70. The second-order valence-corrected chi connectivity index (χ2v) is 12.0. The number of nitrogens with zero attached hydrogens (tertiary/aromatic N) is 4. The van der Waals surface area contributed by atoms with Gasteiger partial charge in [0, 0.05) is 24.0 Å². The average Bonchev–Trinajstić information content (AvgIpc) is 3.51. The van der Waals surface area contributed by atoms with Gasteiger partial charge in [0.1, 0.15) is 6.61 Å². The number of nitrogens with one attached hydrogen (secondary N) is 2. The van der Waals surface area contributed by atoms with E-state index in [4.69, 9.17) is 9.47 Å². The van der Waals surface area contributed by atoms with E-state index in [1.165, 1.54) is 35.1 Å². The maximum absolute atomic E-state index is 13.2. The number of halogens is 3. The number of anilines is 2. The Bertz CT molecular complexity index is 1440. The zero-order chi connectivity index (χ0) is 27.8. The van der Waals surface area contributed by atoms with E-state index in [-0.39, 0.29) is 66.9 Å². The molecular weight excluding hydrogens is 537 g/mol. The van der Waals surface area contributed by atoms with Crippen molar-refractivity contribution in [2.75, 3.05) is 23.3 Å². The number of ether oxygens (including phenoxy) is 2. The minimum Gasteiger partial charge on any atom is -0.477 e. The quantitative estimate of drug-likeness (QED) is 0.419. The van der Waals surface area contributed by atoms with Gasteiger partial charge in [-0.2, -0.15) is 23.1 Å². The van der Waals surface area contributed by atoms with Crippen LogP contribution in [0.4, 0.5) is 24.8 Å². The third-order valence-corrected chi connectivity index (χ3v) is 8.03. The Morgan fingerprint density at radius 3 is 2.72 bits per heavy atom. The summed E-state index contributed by atoms with van der Waals surface area (Å²) in [6, 6.07) is 9.29. The SMILES string of the molecule is CC(C)C[C@@H]1COc2cc(-n3ccc(OCCC4(C(F)(F)F)CC4)n3)nc(n2)NS(=O)(=O)c2cccc(c2)N1. The summed E-state index contributed by atoms with van der Waals surface area (Å²) in [5.74, 6) is 0.541. The number of hydrogen-bond acceptors (Lipinski definition) is 8. The van der Waals surface area contributed by atoms with Crippen LogP contribution in [-0.4, -0.2) is 53.6 Å². The molecule has 1 aliphatic heterocycles. The van der Waals surface area contributed by atoms with Crippen LogP contribution in [0.25, 0.3) is 5.82 Å². The zero-order valence-electron chi connectivity index (χ0n) is 21.4. The van der Waals surface area contributed by atoms with Crippen LogP contribution in [0.5, 0.6) is 11.8 Å². The van der Waals surface area contributed by atoms with Gasteiger partial charge in [-0.25, -0.2) is 17.8 Å². The van der Waals surface area contributed by atoms with Crippen LogP contribution in [0.15, 0.2) is 47.5 Å². The fourth-order valence-electron chi connectivity index (χ4n) is 4.43. The lowest BCUT2D eigenvalue weighted by Gasteiger charge is -2.23. The average molecular weight is 567 g/mol. The van der Waals surface area contributed by atoms with E-state index in [1.807, 2.05) is 0 Å². The van der Waals surface area contributed by atoms with Gasteiger partial charge in [0.05, 0.1) is 23.0 Å². The monoisotopic (exact) mass is 566 g/mol.